The maximum atomic E-state index is 10.2. The number of rotatable bonds is 8. The molecule has 0 aliphatic carbocycles. The normalized spacial score (nSPS) is 12.2. The van der Waals surface area contributed by atoms with E-state index in [4.69, 9.17) is 9.47 Å². The average molecular weight is 315 g/mol. The summed E-state index contributed by atoms with van der Waals surface area (Å²) in [6.07, 6.45) is -0.383. The first-order valence-electron chi connectivity index (χ1n) is 7.87. The van der Waals surface area contributed by atoms with Crippen LogP contribution in [0.1, 0.15) is 31.1 Å². The first kappa shape index (κ1) is 17.3. The Morgan fingerprint density at radius 2 is 1.78 bits per heavy atom. The molecule has 0 radical (unpaired) electrons. The standard InChI is InChI=1S/C19H25NO3/c1-14(2)23-18-6-4-5-15(11-18)12-20-13-19(21)16-7-9-17(22-3)10-8-16/h4-11,14,19-21H,12-13H2,1-3H3. The lowest BCUT2D eigenvalue weighted by atomic mass is 10.1. The molecule has 1 atom stereocenters. The minimum absolute atomic E-state index is 0.162. The number of aliphatic hydroxyl groups excluding tert-OH is 1. The maximum Gasteiger partial charge on any atom is 0.120 e. The molecule has 0 spiro atoms. The molecule has 0 fully saturated rings. The fraction of sp³-hybridized carbons (Fsp3) is 0.368. The van der Waals surface area contributed by atoms with Crippen molar-refractivity contribution in [3.05, 3.63) is 59.7 Å². The van der Waals surface area contributed by atoms with E-state index in [0.717, 1.165) is 22.6 Å². The van der Waals surface area contributed by atoms with Crippen molar-refractivity contribution < 1.29 is 14.6 Å². The van der Waals surface area contributed by atoms with Crippen LogP contribution < -0.4 is 14.8 Å². The van der Waals surface area contributed by atoms with Crippen molar-refractivity contribution in [1.82, 2.24) is 5.32 Å². The summed E-state index contributed by atoms with van der Waals surface area (Å²) in [5.41, 5.74) is 2.00. The number of methoxy groups -OCH3 is 1. The molecule has 2 rings (SSSR count). The molecular formula is C19H25NO3. The van der Waals surface area contributed by atoms with E-state index >= 15 is 0 Å². The zero-order chi connectivity index (χ0) is 16.7. The van der Waals surface area contributed by atoms with Crippen molar-refractivity contribution in [2.75, 3.05) is 13.7 Å². The van der Waals surface area contributed by atoms with Gasteiger partial charge in [0.25, 0.3) is 0 Å². The molecule has 23 heavy (non-hydrogen) atoms. The lowest BCUT2D eigenvalue weighted by Gasteiger charge is -2.14. The molecule has 0 bridgehead atoms. The van der Waals surface area contributed by atoms with Crippen molar-refractivity contribution in [3.63, 3.8) is 0 Å². The molecule has 4 nitrogen and oxygen atoms in total. The van der Waals surface area contributed by atoms with Crippen molar-refractivity contribution in [1.29, 1.82) is 0 Å². The van der Waals surface area contributed by atoms with E-state index in [0.29, 0.717) is 13.1 Å². The summed E-state index contributed by atoms with van der Waals surface area (Å²) >= 11 is 0. The molecule has 0 aromatic heterocycles. The van der Waals surface area contributed by atoms with Gasteiger partial charge >= 0.3 is 0 Å². The van der Waals surface area contributed by atoms with Gasteiger partial charge in [-0.1, -0.05) is 24.3 Å². The first-order valence-corrected chi connectivity index (χ1v) is 7.87. The molecule has 2 aromatic rings. The van der Waals surface area contributed by atoms with E-state index < -0.39 is 6.10 Å². The summed E-state index contributed by atoms with van der Waals surface area (Å²) in [6, 6.07) is 15.5. The van der Waals surface area contributed by atoms with Gasteiger partial charge in [-0.25, -0.2) is 0 Å². The Kier molecular flexibility index (Phi) is 6.44. The minimum atomic E-state index is -0.545. The average Bonchev–Trinajstić information content (AvgIpc) is 2.54. The highest BCUT2D eigenvalue weighted by Crippen LogP contribution is 2.18. The van der Waals surface area contributed by atoms with Gasteiger partial charge in [-0.2, -0.15) is 0 Å². The summed E-state index contributed by atoms with van der Waals surface area (Å²) in [4.78, 5) is 0. The molecule has 0 aliphatic rings. The molecule has 0 saturated heterocycles. The fourth-order valence-electron chi connectivity index (χ4n) is 2.30. The SMILES string of the molecule is COc1ccc(C(O)CNCc2cccc(OC(C)C)c2)cc1. The highest BCUT2D eigenvalue weighted by atomic mass is 16.5. The molecule has 2 aromatic carbocycles. The van der Waals surface area contributed by atoms with Crippen molar-refractivity contribution in [2.45, 2.75) is 32.6 Å². The number of hydrogen-bond acceptors (Lipinski definition) is 4. The van der Waals surface area contributed by atoms with Crippen LogP contribution in [0.5, 0.6) is 11.5 Å². The number of benzene rings is 2. The predicted molar refractivity (Wildman–Crippen MR) is 91.9 cm³/mol. The second kappa shape index (κ2) is 8.56. The molecule has 0 aliphatic heterocycles. The third-order valence-electron chi connectivity index (χ3n) is 3.44. The summed E-state index contributed by atoms with van der Waals surface area (Å²) in [6.45, 7) is 5.19. The van der Waals surface area contributed by atoms with Gasteiger partial charge in [0.2, 0.25) is 0 Å². The highest BCUT2D eigenvalue weighted by molar-refractivity contribution is 5.29. The molecule has 0 heterocycles. The van der Waals surface area contributed by atoms with Crippen LogP contribution in [0.3, 0.4) is 0 Å². The van der Waals surface area contributed by atoms with E-state index in [1.54, 1.807) is 7.11 Å². The second-order valence-corrected chi connectivity index (χ2v) is 5.73. The Labute approximate surface area is 138 Å². The van der Waals surface area contributed by atoms with E-state index in [1.807, 2.05) is 62.4 Å². The van der Waals surface area contributed by atoms with Crippen LogP contribution in [0.2, 0.25) is 0 Å². The quantitative estimate of drug-likeness (QED) is 0.785. The van der Waals surface area contributed by atoms with Gasteiger partial charge in [0.1, 0.15) is 11.5 Å². The fourth-order valence-corrected chi connectivity index (χ4v) is 2.30. The molecule has 4 heteroatoms. The predicted octanol–water partition coefficient (Wildman–Crippen LogP) is 3.31. The summed E-state index contributed by atoms with van der Waals surface area (Å²) < 4.78 is 10.8. The maximum absolute atomic E-state index is 10.2. The molecule has 2 N–H and O–H groups in total. The summed E-state index contributed by atoms with van der Waals surface area (Å²) in [5.74, 6) is 1.66. The summed E-state index contributed by atoms with van der Waals surface area (Å²) in [5, 5.41) is 13.5. The van der Waals surface area contributed by atoms with Crippen molar-refractivity contribution in [2.24, 2.45) is 0 Å². The largest absolute Gasteiger partial charge is 0.497 e. The number of nitrogens with one attached hydrogen (secondary N) is 1. The zero-order valence-electron chi connectivity index (χ0n) is 14.0. The van der Waals surface area contributed by atoms with Crippen molar-refractivity contribution in [3.8, 4) is 11.5 Å². The van der Waals surface area contributed by atoms with Gasteiger partial charge in [-0.15, -0.1) is 0 Å². The van der Waals surface area contributed by atoms with E-state index in [9.17, 15) is 5.11 Å². The van der Waals surface area contributed by atoms with Crippen LogP contribution >= 0.6 is 0 Å². The molecule has 0 saturated carbocycles. The second-order valence-electron chi connectivity index (χ2n) is 5.73. The number of aliphatic hydroxyl groups is 1. The van der Waals surface area contributed by atoms with Crippen molar-refractivity contribution >= 4 is 0 Å². The smallest absolute Gasteiger partial charge is 0.120 e. The van der Waals surface area contributed by atoms with Gasteiger partial charge < -0.3 is 19.9 Å². The van der Waals surface area contributed by atoms with Gasteiger partial charge in [-0.05, 0) is 49.2 Å². The lowest BCUT2D eigenvalue weighted by Crippen LogP contribution is -2.21. The Hall–Kier alpha value is -2.04. The third-order valence-corrected chi connectivity index (χ3v) is 3.44. The summed E-state index contributed by atoms with van der Waals surface area (Å²) in [7, 11) is 1.63. The highest BCUT2D eigenvalue weighted by Gasteiger charge is 2.07. The van der Waals surface area contributed by atoms with Crippen LogP contribution in [0.15, 0.2) is 48.5 Å². The van der Waals surface area contributed by atoms with E-state index in [2.05, 4.69) is 5.32 Å². The van der Waals surface area contributed by atoms with Gasteiger partial charge in [0, 0.05) is 13.1 Å². The Morgan fingerprint density at radius 3 is 2.43 bits per heavy atom. The topological polar surface area (TPSA) is 50.7 Å². The van der Waals surface area contributed by atoms with Crippen LogP contribution in [-0.2, 0) is 6.54 Å². The van der Waals surface area contributed by atoms with Crippen LogP contribution in [0, 0.1) is 0 Å². The minimum Gasteiger partial charge on any atom is -0.497 e. The Bertz CT molecular complexity index is 596. The number of ether oxygens (including phenoxy) is 2. The Balaban J connectivity index is 1.84. The monoisotopic (exact) mass is 315 g/mol. The zero-order valence-corrected chi connectivity index (χ0v) is 14.0. The first-order chi connectivity index (χ1) is 11.1. The van der Waals surface area contributed by atoms with Gasteiger partial charge in [-0.3, -0.25) is 0 Å². The number of hydrogen-bond donors (Lipinski definition) is 2. The molecule has 0 amide bonds. The van der Waals surface area contributed by atoms with Gasteiger partial charge in [0.05, 0.1) is 19.3 Å². The van der Waals surface area contributed by atoms with E-state index in [-0.39, 0.29) is 6.10 Å². The third kappa shape index (κ3) is 5.58. The lowest BCUT2D eigenvalue weighted by molar-refractivity contribution is 0.174. The van der Waals surface area contributed by atoms with Gasteiger partial charge in [0.15, 0.2) is 0 Å². The van der Waals surface area contributed by atoms with Crippen LogP contribution in [0.4, 0.5) is 0 Å². The van der Waals surface area contributed by atoms with E-state index in [1.165, 1.54) is 0 Å². The van der Waals surface area contributed by atoms with Crippen LogP contribution in [0.25, 0.3) is 0 Å². The molecule has 1 unspecified atom stereocenters. The molecule has 124 valence electrons. The molecular weight excluding hydrogens is 290 g/mol. The Morgan fingerprint density at radius 1 is 1.04 bits per heavy atom. The van der Waals surface area contributed by atoms with Crippen LogP contribution in [-0.4, -0.2) is 24.9 Å².